The third-order valence-electron chi connectivity index (χ3n) is 3.03. The van der Waals surface area contributed by atoms with Crippen molar-refractivity contribution in [3.05, 3.63) is 44.4 Å². The van der Waals surface area contributed by atoms with E-state index in [4.69, 9.17) is 9.15 Å². The van der Waals surface area contributed by atoms with Crippen LogP contribution in [-0.4, -0.2) is 40.4 Å². The highest BCUT2D eigenvalue weighted by molar-refractivity contribution is 9.10. The van der Waals surface area contributed by atoms with Gasteiger partial charge in [-0.3, -0.25) is 4.79 Å². The molecule has 0 aliphatic heterocycles. The van der Waals surface area contributed by atoms with Gasteiger partial charge in [0, 0.05) is 19.8 Å². The Bertz CT molecular complexity index is 712. The van der Waals surface area contributed by atoms with Crippen molar-refractivity contribution in [2.24, 2.45) is 0 Å². The van der Waals surface area contributed by atoms with E-state index >= 15 is 0 Å². The molecule has 0 radical (unpaired) electrons. The quantitative estimate of drug-likeness (QED) is 0.392. The minimum Gasteiger partial charge on any atom is -0.454 e. The summed E-state index contributed by atoms with van der Waals surface area (Å²) < 4.78 is 12.3. The van der Waals surface area contributed by atoms with Gasteiger partial charge < -0.3 is 24.6 Å². The van der Waals surface area contributed by atoms with Crippen molar-refractivity contribution < 1.29 is 18.9 Å². The second-order valence-electron chi connectivity index (χ2n) is 4.83. The van der Waals surface area contributed by atoms with E-state index in [2.05, 4.69) is 26.3 Å². The second-order valence-corrected chi connectivity index (χ2v) is 5.68. The lowest BCUT2D eigenvalue weighted by Gasteiger charge is -2.03. The maximum atomic E-state index is 11.9. The van der Waals surface area contributed by atoms with E-state index in [1.54, 1.807) is 12.1 Å². The molecular weight excluding hydrogens is 384 g/mol. The van der Waals surface area contributed by atoms with Crippen molar-refractivity contribution >= 4 is 27.7 Å². The average molecular weight is 401 g/mol. The van der Waals surface area contributed by atoms with Gasteiger partial charge in [0.2, 0.25) is 0 Å². The molecule has 24 heavy (non-hydrogen) atoms. The van der Waals surface area contributed by atoms with Gasteiger partial charge in [0.15, 0.2) is 5.76 Å². The molecule has 2 aromatic rings. The SMILES string of the molecule is CCOCCCNC(=O)c1ccc(Cn2cc(Br)c([N+](=O)[O-])n2)o1. The van der Waals surface area contributed by atoms with Crippen LogP contribution in [0.1, 0.15) is 29.7 Å². The van der Waals surface area contributed by atoms with Gasteiger partial charge in [-0.1, -0.05) is 0 Å². The van der Waals surface area contributed by atoms with Gasteiger partial charge in [-0.2, -0.15) is 4.68 Å². The van der Waals surface area contributed by atoms with Crippen LogP contribution in [0.25, 0.3) is 0 Å². The summed E-state index contributed by atoms with van der Waals surface area (Å²) in [5, 5.41) is 17.3. The maximum Gasteiger partial charge on any atom is 0.404 e. The number of nitrogens with one attached hydrogen (secondary N) is 1. The van der Waals surface area contributed by atoms with Gasteiger partial charge in [0.1, 0.15) is 16.8 Å². The number of nitro groups is 1. The summed E-state index contributed by atoms with van der Waals surface area (Å²) in [4.78, 5) is 22.1. The molecule has 9 nitrogen and oxygen atoms in total. The van der Waals surface area contributed by atoms with Crippen molar-refractivity contribution in [3.8, 4) is 0 Å². The van der Waals surface area contributed by atoms with Crippen LogP contribution in [0.2, 0.25) is 0 Å². The molecule has 2 heterocycles. The van der Waals surface area contributed by atoms with E-state index in [0.29, 0.717) is 25.5 Å². The van der Waals surface area contributed by atoms with Crippen molar-refractivity contribution in [1.29, 1.82) is 0 Å². The largest absolute Gasteiger partial charge is 0.454 e. The van der Waals surface area contributed by atoms with E-state index in [0.717, 1.165) is 6.42 Å². The number of hydrogen-bond acceptors (Lipinski definition) is 6. The predicted octanol–water partition coefficient (Wildman–Crippen LogP) is 2.35. The first-order chi connectivity index (χ1) is 11.5. The summed E-state index contributed by atoms with van der Waals surface area (Å²) in [5.74, 6) is 0.0701. The molecule has 1 N–H and O–H groups in total. The van der Waals surface area contributed by atoms with Crippen LogP contribution >= 0.6 is 15.9 Å². The normalized spacial score (nSPS) is 10.8. The maximum absolute atomic E-state index is 11.9. The summed E-state index contributed by atoms with van der Waals surface area (Å²) in [5.41, 5.74) is 0. The Morgan fingerprint density at radius 2 is 2.33 bits per heavy atom. The van der Waals surface area contributed by atoms with E-state index < -0.39 is 4.92 Å². The predicted molar refractivity (Wildman–Crippen MR) is 87.8 cm³/mol. The van der Waals surface area contributed by atoms with Crippen LogP contribution < -0.4 is 5.32 Å². The zero-order chi connectivity index (χ0) is 17.5. The molecule has 0 atom stereocenters. The van der Waals surface area contributed by atoms with Crippen LogP contribution in [-0.2, 0) is 11.3 Å². The first-order valence-corrected chi connectivity index (χ1v) is 8.12. The molecule has 0 saturated carbocycles. The fraction of sp³-hybridized carbons (Fsp3) is 0.429. The summed E-state index contributed by atoms with van der Waals surface area (Å²) >= 11 is 3.08. The summed E-state index contributed by atoms with van der Waals surface area (Å²) in [6.07, 6.45) is 2.20. The summed E-state index contributed by atoms with van der Waals surface area (Å²) in [6, 6.07) is 3.19. The highest BCUT2D eigenvalue weighted by atomic mass is 79.9. The molecule has 0 bridgehead atoms. The first kappa shape index (κ1) is 18.1. The topological polar surface area (TPSA) is 112 Å². The summed E-state index contributed by atoms with van der Waals surface area (Å²) in [6.45, 7) is 3.83. The fourth-order valence-electron chi connectivity index (χ4n) is 1.94. The fourth-order valence-corrected chi connectivity index (χ4v) is 2.40. The molecule has 0 aromatic carbocycles. The van der Waals surface area contributed by atoms with Gasteiger partial charge in [-0.05, 0) is 46.3 Å². The molecule has 10 heteroatoms. The lowest BCUT2D eigenvalue weighted by atomic mass is 10.4. The van der Waals surface area contributed by atoms with E-state index in [9.17, 15) is 14.9 Å². The Kier molecular flexibility index (Phi) is 6.50. The van der Waals surface area contributed by atoms with Crippen LogP contribution in [0, 0.1) is 10.1 Å². The molecule has 1 amide bonds. The van der Waals surface area contributed by atoms with E-state index in [1.165, 1.54) is 10.9 Å². The van der Waals surface area contributed by atoms with Crippen LogP contribution in [0.4, 0.5) is 5.82 Å². The van der Waals surface area contributed by atoms with Crippen LogP contribution in [0.3, 0.4) is 0 Å². The average Bonchev–Trinajstić information content (AvgIpc) is 3.14. The van der Waals surface area contributed by atoms with Crippen molar-refractivity contribution in [2.45, 2.75) is 19.9 Å². The Balaban J connectivity index is 1.89. The third-order valence-corrected chi connectivity index (χ3v) is 3.59. The molecule has 0 saturated heterocycles. The molecule has 2 rings (SSSR count). The molecular formula is C14H17BrN4O5. The Labute approximate surface area is 146 Å². The number of rotatable bonds is 9. The molecule has 130 valence electrons. The molecule has 0 fully saturated rings. The standard InChI is InChI=1S/C14H17BrN4O5/c1-2-23-7-3-6-16-14(20)12-5-4-10(24-12)8-18-9-11(15)13(17-18)19(21)22/h4-5,9H,2-3,6-8H2,1H3,(H,16,20). The number of carbonyl (C=O) groups is 1. The zero-order valence-electron chi connectivity index (χ0n) is 13.0. The lowest BCUT2D eigenvalue weighted by molar-refractivity contribution is -0.390. The lowest BCUT2D eigenvalue weighted by Crippen LogP contribution is -2.24. The van der Waals surface area contributed by atoms with Gasteiger partial charge in [0.25, 0.3) is 5.91 Å². The van der Waals surface area contributed by atoms with E-state index in [-0.39, 0.29) is 28.5 Å². The molecule has 0 aliphatic rings. The number of aromatic nitrogens is 2. The van der Waals surface area contributed by atoms with Gasteiger partial charge >= 0.3 is 5.82 Å². The highest BCUT2D eigenvalue weighted by Crippen LogP contribution is 2.22. The number of nitrogens with zero attached hydrogens (tertiary/aromatic N) is 3. The minimum absolute atomic E-state index is 0.183. The number of furan rings is 1. The van der Waals surface area contributed by atoms with Crippen LogP contribution in [0.15, 0.2) is 27.2 Å². The van der Waals surface area contributed by atoms with Crippen molar-refractivity contribution in [1.82, 2.24) is 15.1 Å². The molecule has 0 spiro atoms. The van der Waals surface area contributed by atoms with Gasteiger partial charge in [-0.15, -0.1) is 0 Å². The van der Waals surface area contributed by atoms with E-state index in [1.807, 2.05) is 6.92 Å². The Morgan fingerprint density at radius 3 is 3.00 bits per heavy atom. The summed E-state index contributed by atoms with van der Waals surface area (Å²) in [7, 11) is 0. The number of amides is 1. The zero-order valence-corrected chi connectivity index (χ0v) is 14.6. The first-order valence-electron chi connectivity index (χ1n) is 7.33. The smallest absolute Gasteiger partial charge is 0.404 e. The van der Waals surface area contributed by atoms with Gasteiger partial charge in [0.05, 0.1) is 11.3 Å². The second kappa shape index (κ2) is 8.60. The van der Waals surface area contributed by atoms with Crippen molar-refractivity contribution in [2.75, 3.05) is 19.8 Å². The molecule has 0 unspecified atom stereocenters. The molecule has 0 aliphatic carbocycles. The molecule has 2 aromatic heterocycles. The minimum atomic E-state index is -0.580. The Morgan fingerprint density at radius 1 is 1.54 bits per heavy atom. The Hall–Kier alpha value is -2.20. The monoisotopic (exact) mass is 400 g/mol. The number of ether oxygens (including phenoxy) is 1. The van der Waals surface area contributed by atoms with Crippen LogP contribution in [0.5, 0.6) is 0 Å². The third kappa shape index (κ3) is 4.90. The number of carbonyl (C=O) groups excluding carboxylic acids is 1. The van der Waals surface area contributed by atoms with Gasteiger partial charge in [-0.25, -0.2) is 0 Å². The number of hydrogen-bond donors (Lipinski definition) is 1. The number of halogens is 1. The highest BCUT2D eigenvalue weighted by Gasteiger charge is 2.19. The van der Waals surface area contributed by atoms with Crippen molar-refractivity contribution in [3.63, 3.8) is 0 Å².